The molecule has 29 heavy (non-hydrogen) atoms. The summed E-state index contributed by atoms with van der Waals surface area (Å²) in [5, 5.41) is 2.86. The number of rotatable bonds is 8. The SMILES string of the molecule is CCc1cccc(C)c1NC(=O)[C@H](C)OC(=O)c1cc(OC)c(OC)c(OC)c1. The van der Waals surface area contributed by atoms with Gasteiger partial charge in [-0.1, -0.05) is 25.1 Å². The van der Waals surface area contributed by atoms with Gasteiger partial charge in [0.05, 0.1) is 26.9 Å². The second kappa shape index (κ2) is 9.82. The molecule has 0 aliphatic rings. The number of hydrogen-bond donors (Lipinski definition) is 1. The van der Waals surface area contributed by atoms with Gasteiger partial charge < -0.3 is 24.3 Å². The Hall–Kier alpha value is -3.22. The molecule has 1 amide bonds. The lowest BCUT2D eigenvalue weighted by Crippen LogP contribution is -2.30. The summed E-state index contributed by atoms with van der Waals surface area (Å²) in [5.41, 5.74) is 2.89. The second-order valence-electron chi connectivity index (χ2n) is 6.41. The van der Waals surface area contributed by atoms with Gasteiger partial charge in [-0.3, -0.25) is 4.79 Å². The number of carbonyl (C=O) groups is 2. The molecule has 0 bridgehead atoms. The zero-order valence-corrected chi connectivity index (χ0v) is 17.6. The molecule has 2 aromatic carbocycles. The molecule has 0 aliphatic heterocycles. The van der Waals surface area contributed by atoms with Gasteiger partial charge in [-0.25, -0.2) is 4.79 Å². The predicted molar refractivity (Wildman–Crippen MR) is 110 cm³/mol. The van der Waals surface area contributed by atoms with Crippen LogP contribution in [0.2, 0.25) is 0 Å². The van der Waals surface area contributed by atoms with E-state index in [-0.39, 0.29) is 5.56 Å². The van der Waals surface area contributed by atoms with Crippen LogP contribution in [0.5, 0.6) is 17.2 Å². The molecule has 0 unspecified atom stereocenters. The molecule has 0 aliphatic carbocycles. The third-order valence-corrected chi connectivity index (χ3v) is 4.54. The van der Waals surface area contributed by atoms with E-state index in [9.17, 15) is 9.59 Å². The maximum Gasteiger partial charge on any atom is 0.339 e. The Kier molecular flexibility index (Phi) is 7.47. The largest absolute Gasteiger partial charge is 0.493 e. The van der Waals surface area contributed by atoms with Crippen LogP contribution in [0, 0.1) is 6.92 Å². The third-order valence-electron chi connectivity index (χ3n) is 4.54. The minimum Gasteiger partial charge on any atom is -0.493 e. The van der Waals surface area contributed by atoms with Crippen LogP contribution in [0.1, 0.15) is 35.3 Å². The maximum absolute atomic E-state index is 12.6. The molecule has 156 valence electrons. The number of hydrogen-bond acceptors (Lipinski definition) is 6. The van der Waals surface area contributed by atoms with Gasteiger partial charge in [0, 0.05) is 5.69 Å². The Morgan fingerprint density at radius 1 is 1.03 bits per heavy atom. The number of nitrogens with one attached hydrogen (secondary N) is 1. The molecule has 0 aromatic heterocycles. The summed E-state index contributed by atoms with van der Waals surface area (Å²) in [6.45, 7) is 5.45. The zero-order valence-electron chi connectivity index (χ0n) is 17.6. The van der Waals surface area contributed by atoms with Gasteiger partial charge in [0.25, 0.3) is 5.91 Å². The first-order chi connectivity index (χ1) is 13.9. The fraction of sp³-hybridized carbons (Fsp3) is 0.364. The summed E-state index contributed by atoms with van der Waals surface area (Å²) in [7, 11) is 4.38. The van der Waals surface area contributed by atoms with Crippen molar-refractivity contribution in [3.05, 3.63) is 47.0 Å². The van der Waals surface area contributed by atoms with Crippen LogP contribution < -0.4 is 19.5 Å². The van der Waals surface area contributed by atoms with Crippen LogP contribution in [0.15, 0.2) is 30.3 Å². The highest BCUT2D eigenvalue weighted by atomic mass is 16.5. The molecule has 7 heteroatoms. The number of carbonyl (C=O) groups excluding carboxylic acids is 2. The first kappa shape index (κ1) is 22.1. The van der Waals surface area contributed by atoms with Gasteiger partial charge in [0.1, 0.15) is 0 Å². The van der Waals surface area contributed by atoms with Crippen molar-refractivity contribution in [1.82, 2.24) is 0 Å². The minimum atomic E-state index is -0.995. The second-order valence-corrected chi connectivity index (χ2v) is 6.41. The van der Waals surface area contributed by atoms with Crippen molar-refractivity contribution >= 4 is 17.6 Å². The van der Waals surface area contributed by atoms with Gasteiger partial charge in [-0.05, 0) is 43.5 Å². The summed E-state index contributed by atoms with van der Waals surface area (Å²) in [5.74, 6) is -0.0713. The van der Waals surface area contributed by atoms with Gasteiger partial charge in [-0.15, -0.1) is 0 Å². The summed E-state index contributed by atoms with van der Waals surface area (Å²) in [6, 6.07) is 8.77. The number of ether oxygens (including phenoxy) is 4. The van der Waals surface area contributed by atoms with Gasteiger partial charge >= 0.3 is 5.97 Å². The summed E-state index contributed by atoms with van der Waals surface area (Å²) in [6.07, 6.45) is -0.220. The molecule has 1 N–H and O–H groups in total. The predicted octanol–water partition coefficient (Wildman–Crippen LogP) is 3.77. The normalized spacial score (nSPS) is 11.4. The van der Waals surface area contributed by atoms with Crippen molar-refractivity contribution < 1.29 is 28.5 Å². The van der Waals surface area contributed by atoms with Crippen molar-refractivity contribution in [2.45, 2.75) is 33.3 Å². The van der Waals surface area contributed by atoms with Crippen LogP contribution in [0.4, 0.5) is 5.69 Å². The van der Waals surface area contributed by atoms with Crippen molar-refractivity contribution in [2.75, 3.05) is 26.6 Å². The van der Waals surface area contributed by atoms with Gasteiger partial charge in [0.15, 0.2) is 17.6 Å². The Balaban J connectivity index is 2.18. The number of methoxy groups -OCH3 is 3. The van der Waals surface area contributed by atoms with Crippen LogP contribution >= 0.6 is 0 Å². The zero-order chi connectivity index (χ0) is 21.6. The van der Waals surface area contributed by atoms with Crippen LogP contribution in [-0.2, 0) is 16.0 Å². The molecule has 0 spiro atoms. The highest BCUT2D eigenvalue weighted by molar-refractivity contribution is 5.98. The monoisotopic (exact) mass is 401 g/mol. The smallest absolute Gasteiger partial charge is 0.339 e. The lowest BCUT2D eigenvalue weighted by molar-refractivity contribution is -0.123. The molecule has 1 atom stereocenters. The molecular formula is C22H27NO6. The van der Waals surface area contributed by atoms with E-state index in [4.69, 9.17) is 18.9 Å². The maximum atomic E-state index is 12.6. The Bertz CT molecular complexity index is 868. The van der Waals surface area contributed by atoms with E-state index in [0.717, 1.165) is 23.2 Å². The Morgan fingerprint density at radius 2 is 1.66 bits per heavy atom. The third kappa shape index (κ3) is 4.99. The summed E-state index contributed by atoms with van der Waals surface area (Å²) < 4.78 is 21.1. The van der Waals surface area contributed by atoms with Crippen LogP contribution in [0.3, 0.4) is 0 Å². The molecule has 0 radical (unpaired) electrons. The van der Waals surface area contributed by atoms with Crippen LogP contribution in [-0.4, -0.2) is 39.3 Å². The van der Waals surface area contributed by atoms with Crippen LogP contribution in [0.25, 0.3) is 0 Å². The van der Waals surface area contributed by atoms with E-state index in [1.54, 1.807) is 0 Å². The summed E-state index contributed by atoms with van der Waals surface area (Å²) in [4.78, 5) is 25.2. The molecule has 0 saturated carbocycles. The average Bonchev–Trinajstić information content (AvgIpc) is 2.73. The van der Waals surface area contributed by atoms with Crippen molar-refractivity contribution in [1.29, 1.82) is 0 Å². The number of anilines is 1. The number of benzene rings is 2. The average molecular weight is 401 g/mol. The quantitative estimate of drug-likeness (QED) is 0.678. The highest BCUT2D eigenvalue weighted by Gasteiger charge is 2.23. The molecular weight excluding hydrogens is 374 g/mol. The number of esters is 1. The van der Waals surface area contributed by atoms with Crippen molar-refractivity contribution in [3.63, 3.8) is 0 Å². The lowest BCUT2D eigenvalue weighted by Gasteiger charge is -2.18. The summed E-state index contributed by atoms with van der Waals surface area (Å²) >= 11 is 0. The van der Waals surface area contributed by atoms with E-state index >= 15 is 0 Å². The lowest BCUT2D eigenvalue weighted by atomic mass is 10.1. The first-order valence-corrected chi connectivity index (χ1v) is 9.26. The molecule has 0 saturated heterocycles. The van der Waals surface area contributed by atoms with Crippen molar-refractivity contribution in [3.8, 4) is 17.2 Å². The van der Waals surface area contributed by atoms with E-state index in [2.05, 4.69) is 5.32 Å². The van der Waals surface area contributed by atoms with E-state index in [1.807, 2.05) is 32.0 Å². The number of amides is 1. The topological polar surface area (TPSA) is 83.1 Å². The molecule has 2 rings (SSSR count). The first-order valence-electron chi connectivity index (χ1n) is 9.26. The Labute approximate surface area is 170 Å². The van der Waals surface area contributed by atoms with Crippen molar-refractivity contribution in [2.24, 2.45) is 0 Å². The molecule has 0 heterocycles. The molecule has 7 nitrogen and oxygen atoms in total. The Morgan fingerprint density at radius 3 is 2.17 bits per heavy atom. The highest BCUT2D eigenvalue weighted by Crippen LogP contribution is 2.38. The number of aryl methyl sites for hydroxylation is 2. The number of para-hydroxylation sites is 1. The van der Waals surface area contributed by atoms with Gasteiger partial charge in [0.2, 0.25) is 5.75 Å². The molecule has 0 fully saturated rings. The van der Waals surface area contributed by atoms with Gasteiger partial charge in [-0.2, -0.15) is 0 Å². The molecule has 2 aromatic rings. The fourth-order valence-electron chi connectivity index (χ4n) is 2.91. The standard InChI is InChI=1S/C22H27NO6/c1-7-15-10-8-9-13(2)19(15)23-21(24)14(3)29-22(25)16-11-17(26-4)20(28-6)18(12-16)27-5/h8-12,14H,7H2,1-6H3,(H,23,24)/t14-/m0/s1. The van der Waals surface area contributed by atoms with E-state index in [1.165, 1.54) is 40.4 Å². The minimum absolute atomic E-state index is 0.185. The van der Waals surface area contributed by atoms with E-state index in [0.29, 0.717) is 17.2 Å². The van der Waals surface area contributed by atoms with E-state index < -0.39 is 18.0 Å². The fourth-order valence-corrected chi connectivity index (χ4v) is 2.91.